The summed E-state index contributed by atoms with van der Waals surface area (Å²) in [7, 11) is -4.67. The van der Waals surface area contributed by atoms with Crippen molar-refractivity contribution in [2.45, 2.75) is 33.8 Å². The molecular weight excluding hydrogens is 251 g/mol. The molecule has 0 aliphatic carbocycles. The van der Waals surface area contributed by atoms with Gasteiger partial charge in [0.05, 0.1) is 10.8 Å². The molecule has 0 bridgehead atoms. The highest BCUT2D eigenvalue weighted by atomic mass is 31.2. The Morgan fingerprint density at radius 3 is 2.00 bits per heavy atom. The van der Waals surface area contributed by atoms with Crippen LogP contribution in [0.15, 0.2) is 0 Å². The monoisotopic (exact) mass is 268 g/mol. The average Bonchev–Trinajstić information content (AvgIpc) is 2.22. The van der Waals surface area contributed by atoms with Crippen LogP contribution in [0.4, 0.5) is 0 Å². The standard InChI is InChI=1S/C13H17O4P/c1-7-12(3,4)10-9-11(13(5,6)8-2)17-18(14,15)16/h1-2,11H,3-6H3,(H2,14,15,16). The highest BCUT2D eigenvalue weighted by Crippen LogP contribution is 2.41. The second-order valence-corrected chi connectivity index (χ2v) is 6.07. The van der Waals surface area contributed by atoms with Crippen molar-refractivity contribution in [2.24, 2.45) is 10.8 Å². The van der Waals surface area contributed by atoms with E-state index in [0.29, 0.717) is 0 Å². The molecule has 2 N–H and O–H groups in total. The fraction of sp³-hybridized carbons (Fsp3) is 0.538. The third kappa shape index (κ3) is 5.92. The number of hydrogen-bond donors (Lipinski definition) is 2. The van der Waals surface area contributed by atoms with Gasteiger partial charge in [0, 0.05) is 0 Å². The van der Waals surface area contributed by atoms with E-state index in [1.807, 2.05) is 0 Å². The first-order valence-electron chi connectivity index (χ1n) is 5.16. The molecule has 1 atom stereocenters. The predicted molar refractivity (Wildman–Crippen MR) is 69.9 cm³/mol. The van der Waals surface area contributed by atoms with Gasteiger partial charge in [-0.05, 0) is 27.7 Å². The molecule has 1 unspecified atom stereocenters. The van der Waals surface area contributed by atoms with E-state index in [9.17, 15) is 4.57 Å². The first kappa shape index (κ1) is 16.8. The number of rotatable bonds is 3. The molecule has 98 valence electrons. The lowest BCUT2D eigenvalue weighted by molar-refractivity contribution is 0.112. The zero-order chi connectivity index (χ0) is 14.6. The summed E-state index contributed by atoms with van der Waals surface area (Å²) in [6, 6.07) is 0. The fourth-order valence-corrected chi connectivity index (χ4v) is 1.42. The zero-order valence-electron chi connectivity index (χ0n) is 10.9. The molecule has 18 heavy (non-hydrogen) atoms. The van der Waals surface area contributed by atoms with Crippen LogP contribution in [0.5, 0.6) is 0 Å². The van der Waals surface area contributed by atoms with Crippen molar-refractivity contribution in [3.63, 3.8) is 0 Å². The molecule has 0 aromatic carbocycles. The molecule has 0 saturated carbocycles. The average molecular weight is 268 g/mol. The minimum Gasteiger partial charge on any atom is -0.303 e. The Labute approximate surface area is 108 Å². The van der Waals surface area contributed by atoms with E-state index in [1.54, 1.807) is 27.7 Å². The maximum atomic E-state index is 10.9. The maximum absolute atomic E-state index is 10.9. The van der Waals surface area contributed by atoms with E-state index in [4.69, 9.17) is 22.6 Å². The lowest BCUT2D eigenvalue weighted by atomic mass is 9.86. The van der Waals surface area contributed by atoms with Crippen molar-refractivity contribution in [3.8, 4) is 36.5 Å². The van der Waals surface area contributed by atoms with Crippen LogP contribution < -0.4 is 0 Å². The summed E-state index contributed by atoms with van der Waals surface area (Å²) in [6.45, 7) is 6.62. The highest BCUT2D eigenvalue weighted by molar-refractivity contribution is 7.46. The second kappa shape index (κ2) is 5.62. The van der Waals surface area contributed by atoms with Crippen LogP contribution in [0.25, 0.3) is 0 Å². The summed E-state index contributed by atoms with van der Waals surface area (Å²) in [5.74, 6) is 10.2. The molecule has 0 aliphatic heterocycles. The van der Waals surface area contributed by atoms with Gasteiger partial charge in [-0.25, -0.2) is 4.57 Å². The molecule has 0 spiro atoms. The predicted octanol–water partition coefficient (Wildman–Crippen LogP) is 1.79. The summed E-state index contributed by atoms with van der Waals surface area (Å²) < 4.78 is 15.5. The van der Waals surface area contributed by atoms with Gasteiger partial charge in [0.15, 0.2) is 0 Å². The first-order chi connectivity index (χ1) is 7.93. The van der Waals surface area contributed by atoms with Crippen LogP contribution in [0.1, 0.15) is 27.7 Å². The largest absolute Gasteiger partial charge is 0.470 e. The minimum absolute atomic E-state index is 0.721. The lowest BCUT2D eigenvalue weighted by Crippen LogP contribution is -2.29. The molecule has 4 nitrogen and oxygen atoms in total. The van der Waals surface area contributed by atoms with Crippen LogP contribution in [-0.4, -0.2) is 15.9 Å². The van der Waals surface area contributed by atoms with Gasteiger partial charge in [-0.1, -0.05) is 23.7 Å². The van der Waals surface area contributed by atoms with Crippen molar-refractivity contribution >= 4 is 7.82 Å². The summed E-state index contributed by atoms with van der Waals surface area (Å²) in [5.41, 5.74) is -1.67. The number of hydrogen-bond acceptors (Lipinski definition) is 2. The minimum atomic E-state index is -4.67. The Hall–Kier alpha value is -1.21. The van der Waals surface area contributed by atoms with Crippen molar-refractivity contribution < 1.29 is 18.9 Å². The third-order valence-electron chi connectivity index (χ3n) is 2.15. The Bertz CT molecular complexity index is 488. The van der Waals surface area contributed by atoms with E-state index in [2.05, 4.69) is 28.2 Å². The van der Waals surface area contributed by atoms with E-state index in [1.165, 1.54) is 0 Å². The molecule has 0 aromatic rings. The van der Waals surface area contributed by atoms with Gasteiger partial charge in [-0.3, -0.25) is 4.52 Å². The summed E-state index contributed by atoms with van der Waals surface area (Å²) >= 11 is 0. The van der Waals surface area contributed by atoms with E-state index < -0.39 is 24.8 Å². The van der Waals surface area contributed by atoms with Gasteiger partial charge < -0.3 is 9.79 Å². The van der Waals surface area contributed by atoms with E-state index in [-0.39, 0.29) is 0 Å². The SMILES string of the molecule is C#CC(C)(C)C#CC(OP(=O)(O)O)C(C)(C)C#C. The normalized spacial score (nSPS) is 13.8. The molecule has 0 amide bonds. The molecule has 0 saturated heterocycles. The Morgan fingerprint density at radius 2 is 1.67 bits per heavy atom. The van der Waals surface area contributed by atoms with Gasteiger partial charge in [0.1, 0.15) is 6.10 Å². The lowest BCUT2D eigenvalue weighted by Gasteiger charge is -2.25. The molecule has 0 rings (SSSR count). The molecule has 5 heteroatoms. The Balaban J connectivity index is 5.36. The van der Waals surface area contributed by atoms with Crippen LogP contribution in [-0.2, 0) is 9.09 Å². The molecule has 0 fully saturated rings. The smallest absolute Gasteiger partial charge is 0.303 e. The van der Waals surface area contributed by atoms with Crippen LogP contribution in [0.2, 0.25) is 0 Å². The Kier molecular flexibility index (Phi) is 5.24. The summed E-state index contributed by atoms with van der Waals surface area (Å²) in [4.78, 5) is 17.7. The second-order valence-electron chi connectivity index (χ2n) is 4.88. The molecule has 0 radical (unpaired) electrons. The zero-order valence-corrected chi connectivity index (χ0v) is 11.8. The molecule has 0 heterocycles. The van der Waals surface area contributed by atoms with Gasteiger partial charge in [0.2, 0.25) is 0 Å². The van der Waals surface area contributed by atoms with Crippen LogP contribution in [0.3, 0.4) is 0 Å². The number of terminal acetylenes is 2. The van der Waals surface area contributed by atoms with Crippen LogP contribution in [0, 0.1) is 47.4 Å². The number of phosphoric ester groups is 1. The van der Waals surface area contributed by atoms with Gasteiger partial charge in [-0.15, -0.1) is 12.8 Å². The van der Waals surface area contributed by atoms with Crippen molar-refractivity contribution in [3.05, 3.63) is 0 Å². The van der Waals surface area contributed by atoms with Crippen molar-refractivity contribution in [2.75, 3.05) is 0 Å². The quantitative estimate of drug-likeness (QED) is 0.605. The fourth-order valence-electron chi connectivity index (χ4n) is 0.834. The molecule has 0 aliphatic rings. The van der Waals surface area contributed by atoms with Gasteiger partial charge in [0.25, 0.3) is 0 Å². The molecular formula is C13H17O4P. The van der Waals surface area contributed by atoms with Gasteiger partial charge in [-0.2, -0.15) is 0 Å². The third-order valence-corrected chi connectivity index (χ3v) is 2.63. The van der Waals surface area contributed by atoms with Crippen LogP contribution >= 0.6 is 7.82 Å². The first-order valence-corrected chi connectivity index (χ1v) is 6.69. The Morgan fingerprint density at radius 1 is 1.17 bits per heavy atom. The van der Waals surface area contributed by atoms with E-state index >= 15 is 0 Å². The molecule has 0 aromatic heterocycles. The van der Waals surface area contributed by atoms with Crippen molar-refractivity contribution in [1.82, 2.24) is 0 Å². The summed E-state index contributed by atoms with van der Waals surface area (Å²) in [5, 5.41) is 0. The van der Waals surface area contributed by atoms with Crippen molar-refractivity contribution in [1.29, 1.82) is 0 Å². The summed E-state index contributed by atoms with van der Waals surface area (Å²) in [6.07, 6.45) is 9.48. The van der Waals surface area contributed by atoms with Gasteiger partial charge >= 0.3 is 7.82 Å². The topological polar surface area (TPSA) is 66.8 Å². The highest BCUT2D eigenvalue weighted by Gasteiger charge is 2.33. The van der Waals surface area contributed by atoms with E-state index in [0.717, 1.165) is 0 Å². The maximum Gasteiger partial charge on any atom is 0.470 e. The number of phosphoric acid groups is 1.